The van der Waals surface area contributed by atoms with Crippen molar-refractivity contribution in [2.75, 3.05) is 19.6 Å². The van der Waals surface area contributed by atoms with E-state index in [-0.39, 0.29) is 0 Å². The van der Waals surface area contributed by atoms with Gasteiger partial charge in [0.05, 0.1) is 0 Å². The second-order valence-electron chi connectivity index (χ2n) is 8.58. The van der Waals surface area contributed by atoms with E-state index >= 15 is 0 Å². The molecule has 2 rings (SSSR count). The van der Waals surface area contributed by atoms with Crippen LogP contribution in [0.2, 0.25) is 0 Å². The summed E-state index contributed by atoms with van der Waals surface area (Å²) < 4.78 is 0. The monoisotopic (exact) mass is 294 g/mol. The zero-order valence-electron chi connectivity index (χ0n) is 15.1. The Hall–Kier alpha value is -0.0800. The van der Waals surface area contributed by atoms with E-state index in [2.05, 4.69) is 44.8 Å². The molecule has 0 aromatic heterocycles. The Morgan fingerprint density at radius 3 is 2.38 bits per heavy atom. The van der Waals surface area contributed by atoms with Gasteiger partial charge in [0.2, 0.25) is 0 Å². The van der Waals surface area contributed by atoms with Gasteiger partial charge in [0.1, 0.15) is 0 Å². The fourth-order valence-corrected chi connectivity index (χ4v) is 4.59. The van der Waals surface area contributed by atoms with Crippen molar-refractivity contribution >= 4 is 0 Å². The molecule has 2 heteroatoms. The second kappa shape index (κ2) is 7.46. The summed E-state index contributed by atoms with van der Waals surface area (Å²) in [5.41, 5.74) is 0.535. The lowest BCUT2D eigenvalue weighted by atomic mass is 9.72. The van der Waals surface area contributed by atoms with Crippen molar-refractivity contribution in [1.29, 1.82) is 0 Å². The average molecular weight is 295 g/mol. The molecule has 0 aromatic carbocycles. The SMILES string of the molecule is CC1CC(C)C(C)N(CC2(CNC(C)C)CCCCC2)C1. The van der Waals surface area contributed by atoms with Gasteiger partial charge in [-0.15, -0.1) is 0 Å². The van der Waals surface area contributed by atoms with Crippen LogP contribution in [0.15, 0.2) is 0 Å². The Bertz CT molecular complexity index is 307. The average Bonchev–Trinajstić information content (AvgIpc) is 2.43. The number of piperidine rings is 1. The van der Waals surface area contributed by atoms with Crippen LogP contribution in [0.25, 0.3) is 0 Å². The molecule has 1 aliphatic heterocycles. The maximum atomic E-state index is 3.76. The number of hydrogen-bond donors (Lipinski definition) is 1. The summed E-state index contributed by atoms with van der Waals surface area (Å²) >= 11 is 0. The molecule has 1 saturated heterocycles. The predicted octanol–water partition coefficient (Wildman–Crippen LogP) is 4.30. The number of nitrogens with one attached hydrogen (secondary N) is 1. The third-order valence-corrected chi connectivity index (χ3v) is 6.06. The fourth-order valence-electron chi connectivity index (χ4n) is 4.59. The second-order valence-corrected chi connectivity index (χ2v) is 8.58. The Labute approximate surface area is 133 Å². The van der Waals surface area contributed by atoms with E-state index in [0.717, 1.165) is 17.9 Å². The fraction of sp³-hybridized carbons (Fsp3) is 1.00. The quantitative estimate of drug-likeness (QED) is 0.813. The third-order valence-electron chi connectivity index (χ3n) is 6.06. The third kappa shape index (κ3) is 4.69. The normalized spacial score (nSPS) is 34.3. The zero-order chi connectivity index (χ0) is 15.5. The van der Waals surface area contributed by atoms with Gasteiger partial charge in [-0.1, -0.05) is 47.0 Å². The summed E-state index contributed by atoms with van der Waals surface area (Å²) in [5, 5.41) is 3.76. The van der Waals surface area contributed by atoms with Crippen LogP contribution in [-0.2, 0) is 0 Å². The largest absolute Gasteiger partial charge is 0.314 e. The van der Waals surface area contributed by atoms with E-state index in [1.807, 2.05) is 0 Å². The Kier molecular flexibility index (Phi) is 6.14. The van der Waals surface area contributed by atoms with Crippen molar-refractivity contribution in [3.05, 3.63) is 0 Å². The van der Waals surface area contributed by atoms with Gasteiger partial charge in [-0.3, -0.25) is 4.90 Å². The van der Waals surface area contributed by atoms with Crippen LogP contribution in [0.5, 0.6) is 0 Å². The van der Waals surface area contributed by atoms with Gasteiger partial charge in [-0.2, -0.15) is 0 Å². The molecule has 1 N–H and O–H groups in total. The molecule has 1 saturated carbocycles. The molecular formula is C19H38N2. The molecule has 0 bridgehead atoms. The van der Waals surface area contributed by atoms with Crippen molar-refractivity contribution in [3.8, 4) is 0 Å². The van der Waals surface area contributed by atoms with E-state index < -0.39 is 0 Å². The molecule has 2 aliphatic rings. The van der Waals surface area contributed by atoms with Crippen LogP contribution >= 0.6 is 0 Å². The summed E-state index contributed by atoms with van der Waals surface area (Å²) in [5.74, 6) is 1.72. The molecule has 21 heavy (non-hydrogen) atoms. The molecule has 0 aromatic rings. The molecule has 1 aliphatic carbocycles. The number of hydrogen-bond acceptors (Lipinski definition) is 2. The van der Waals surface area contributed by atoms with Gasteiger partial charge < -0.3 is 5.32 Å². The molecule has 0 radical (unpaired) electrons. The van der Waals surface area contributed by atoms with Gasteiger partial charge in [0.15, 0.2) is 0 Å². The molecule has 1 heterocycles. The highest BCUT2D eigenvalue weighted by molar-refractivity contribution is 4.92. The van der Waals surface area contributed by atoms with Crippen LogP contribution in [0.1, 0.15) is 73.1 Å². The molecule has 2 nitrogen and oxygen atoms in total. The predicted molar refractivity (Wildman–Crippen MR) is 92.6 cm³/mol. The Morgan fingerprint density at radius 2 is 1.76 bits per heavy atom. The topological polar surface area (TPSA) is 15.3 Å². The van der Waals surface area contributed by atoms with E-state index in [4.69, 9.17) is 0 Å². The minimum Gasteiger partial charge on any atom is -0.314 e. The van der Waals surface area contributed by atoms with Gasteiger partial charge in [0.25, 0.3) is 0 Å². The maximum Gasteiger partial charge on any atom is 0.00930 e. The van der Waals surface area contributed by atoms with Gasteiger partial charge in [-0.25, -0.2) is 0 Å². The smallest absolute Gasteiger partial charge is 0.00930 e. The van der Waals surface area contributed by atoms with Crippen molar-refractivity contribution < 1.29 is 0 Å². The van der Waals surface area contributed by atoms with E-state index in [1.165, 1.54) is 58.2 Å². The van der Waals surface area contributed by atoms with Crippen LogP contribution < -0.4 is 5.32 Å². The summed E-state index contributed by atoms with van der Waals surface area (Å²) in [6.45, 7) is 15.8. The van der Waals surface area contributed by atoms with Crippen molar-refractivity contribution in [1.82, 2.24) is 10.2 Å². The lowest BCUT2D eigenvalue weighted by molar-refractivity contribution is 0.0200. The molecule has 124 valence electrons. The van der Waals surface area contributed by atoms with Crippen molar-refractivity contribution in [2.24, 2.45) is 17.3 Å². The minimum absolute atomic E-state index is 0.535. The first-order valence-electron chi connectivity index (χ1n) is 9.39. The van der Waals surface area contributed by atoms with Crippen molar-refractivity contribution in [2.45, 2.75) is 85.2 Å². The number of rotatable bonds is 5. The summed E-state index contributed by atoms with van der Waals surface area (Å²) in [6, 6.07) is 1.37. The van der Waals surface area contributed by atoms with Crippen LogP contribution in [0, 0.1) is 17.3 Å². The molecule has 0 amide bonds. The summed E-state index contributed by atoms with van der Waals surface area (Å²) in [7, 11) is 0. The molecule has 3 unspecified atom stereocenters. The van der Waals surface area contributed by atoms with Crippen LogP contribution in [0.3, 0.4) is 0 Å². The van der Waals surface area contributed by atoms with Crippen molar-refractivity contribution in [3.63, 3.8) is 0 Å². The summed E-state index contributed by atoms with van der Waals surface area (Å²) in [6.07, 6.45) is 8.60. The molecule has 3 atom stereocenters. The maximum absolute atomic E-state index is 3.76. The first-order valence-corrected chi connectivity index (χ1v) is 9.39. The molecule has 0 spiro atoms. The number of nitrogens with zero attached hydrogens (tertiary/aromatic N) is 1. The molecular weight excluding hydrogens is 256 g/mol. The van der Waals surface area contributed by atoms with Gasteiger partial charge >= 0.3 is 0 Å². The highest BCUT2D eigenvalue weighted by atomic mass is 15.2. The zero-order valence-corrected chi connectivity index (χ0v) is 15.1. The van der Waals surface area contributed by atoms with Crippen LogP contribution in [-0.4, -0.2) is 36.6 Å². The van der Waals surface area contributed by atoms with E-state index in [9.17, 15) is 0 Å². The van der Waals surface area contributed by atoms with Gasteiger partial charge in [-0.05, 0) is 43.4 Å². The Morgan fingerprint density at radius 1 is 1.10 bits per heavy atom. The standard InChI is InChI=1S/C19H38N2/c1-15(2)20-13-19(9-7-6-8-10-19)14-21-12-16(3)11-17(4)18(21)5/h15-18,20H,6-14H2,1-5H3. The summed E-state index contributed by atoms with van der Waals surface area (Å²) in [4.78, 5) is 2.83. The van der Waals surface area contributed by atoms with E-state index in [1.54, 1.807) is 0 Å². The minimum atomic E-state index is 0.535. The van der Waals surface area contributed by atoms with E-state index in [0.29, 0.717) is 11.5 Å². The highest BCUT2D eigenvalue weighted by Gasteiger charge is 2.38. The number of likely N-dealkylation sites (tertiary alicyclic amines) is 1. The lowest BCUT2D eigenvalue weighted by Gasteiger charge is -2.48. The Balaban J connectivity index is 2.02. The van der Waals surface area contributed by atoms with Crippen LogP contribution in [0.4, 0.5) is 0 Å². The highest BCUT2D eigenvalue weighted by Crippen LogP contribution is 2.39. The van der Waals surface area contributed by atoms with Gasteiger partial charge in [0, 0.05) is 31.7 Å². The molecule has 2 fully saturated rings. The first-order chi connectivity index (χ1) is 9.92. The first kappa shape index (κ1) is 17.3. The lowest BCUT2D eigenvalue weighted by Crippen LogP contribution is -2.53.